The van der Waals surface area contributed by atoms with Crippen molar-refractivity contribution in [2.24, 2.45) is 0 Å². The number of carbonyl (C=O) groups is 2. The third kappa shape index (κ3) is 4.84. The van der Waals surface area contributed by atoms with Crippen molar-refractivity contribution < 1.29 is 14.0 Å². The third-order valence-corrected chi connectivity index (χ3v) is 3.12. The van der Waals surface area contributed by atoms with Crippen LogP contribution in [0.2, 0.25) is 0 Å². The molecule has 0 amide bonds. The number of rotatable bonds is 5. The fourth-order valence-electron chi connectivity index (χ4n) is 1.41. The molecule has 1 aromatic rings. The van der Waals surface area contributed by atoms with E-state index in [-0.39, 0.29) is 16.5 Å². The van der Waals surface area contributed by atoms with Crippen molar-refractivity contribution in [3.63, 3.8) is 0 Å². The largest absolute Gasteiger partial charge is 0.294 e. The molecule has 0 aromatic heterocycles. The van der Waals surface area contributed by atoms with Gasteiger partial charge in [0.15, 0.2) is 10.9 Å². The van der Waals surface area contributed by atoms with Crippen LogP contribution < -0.4 is 0 Å². The third-order valence-electron chi connectivity index (χ3n) is 2.27. The maximum Gasteiger partial charge on any atom is 0.185 e. The van der Waals surface area contributed by atoms with Gasteiger partial charge >= 0.3 is 0 Å². The van der Waals surface area contributed by atoms with Crippen molar-refractivity contribution >= 4 is 28.7 Å². The zero-order valence-corrected chi connectivity index (χ0v) is 11.2. The van der Waals surface area contributed by atoms with Gasteiger partial charge in [0.2, 0.25) is 0 Å². The number of allylic oxidation sites excluding steroid dienone is 1. The van der Waals surface area contributed by atoms with Crippen LogP contribution in [0, 0.1) is 5.82 Å². The average Bonchev–Trinajstić information content (AvgIpc) is 2.30. The smallest absolute Gasteiger partial charge is 0.185 e. The van der Waals surface area contributed by atoms with E-state index in [4.69, 9.17) is 0 Å². The lowest BCUT2D eigenvalue weighted by molar-refractivity contribution is -0.109. The van der Waals surface area contributed by atoms with Crippen LogP contribution in [0.25, 0.3) is 6.08 Å². The van der Waals surface area contributed by atoms with Gasteiger partial charge in [-0.2, -0.15) is 0 Å². The van der Waals surface area contributed by atoms with Crippen molar-refractivity contribution in [2.45, 2.75) is 20.3 Å². The van der Waals surface area contributed by atoms with E-state index in [1.165, 1.54) is 37.7 Å². The van der Waals surface area contributed by atoms with Crippen LogP contribution in [0.15, 0.2) is 24.3 Å². The number of halogens is 1. The molecule has 0 aliphatic heterocycles. The number of benzene rings is 1. The second kappa shape index (κ2) is 7.11. The summed E-state index contributed by atoms with van der Waals surface area (Å²) in [6, 6.07) is 4.45. The lowest BCUT2D eigenvalue weighted by atomic mass is 10.1. The molecule has 0 aliphatic rings. The molecule has 0 spiro atoms. The summed E-state index contributed by atoms with van der Waals surface area (Å²) in [7, 11) is 0. The highest BCUT2D eigenvalue weighted by atomic mass is 32.2. The second-order valence-corrected chi connectivity index (χ2v) is 5.10. The van der Waals surface area contributed by atoms with E-state index in [9.17, 15) is 14.0 Å². The Morgan fingerprint density at radius 2 is 2.06 bits per heavy atom. The van der Waals surface area contributed by atoms with Gasteiger partial charge in [0.05, 0.1) is 5.56 Å². The van der Waals surface area contributed by atoms with Crippen LogP contribution in [-0.4, -0.2) is 16.7 Å². The number of hydrogen-bond donors (Lipinski definition) is 0. The molecular weight excluding hydrogens is 251 g/mol. The number of thioether (sulfide) groups is 1. The topological polar surface area (TPSA) is 34.1 Å². The summed E-state index contributed by atoms with van der Waals surface area (Å²) in [5, 5.41) is 0.101. The highest BCUT2D eigenvalue weighted by Crippen LogP contribution is 2.13. The lowest BCUT2D eigenvalue weighted by Crippen LogP contribution is -1.97. The van der Waals surface area contributed by atoms with E-state index < -0.39 is 5.82 Å². The maximum absolute atomic E-state index is 13.3. The van der Waals surface area contributed by atoms with Crippen LogP contribution in [0.1, 0.15) is 36.2 Å². The van der Waals surface area contributed by atoms with E-state index in [0.29, 0.717) is 0 Å². The molecule has 0 unspecified atom stereocenters. The van der Waals surface area contributed by atoms with Crippen LogP contribution in [0.4, 0.5) is 4.39 Å². The standard InChI is InChI=1S/C14H15FO2S/c1-10(16)13-9-12(6-7-14(13)15)5-3-4-8-18-11(2)17/h3,5-7,9H,4,8H2,1-2H3. The SMILES string of the molecule is CC(=O)SCCC=Cc1ccc(F)c(C(C)=O)c1. The highest BCUT2D eigenvalue weighted by molar-refractivity contribution is 8.13. The van der Waals surface area contributed by atoms with Gasteiger partial charge in [-0.05, 0) is 31.0 Å². The second-order valence-electron chi connectivity index (χ2n) is 3.83. The molecule has 1 rings (SSSR count). The Hall–Kier alpha value is -1.42. The van der Waals surface area contributed by atoms with Crippen molar-refractivity contribution in [2.75, 3.05) is 5.75 Å². The predicted molar refractivity (Wildman–Crippen MR) is 73.2 cm³/mol. The first-order valence-electron chi connectivity index (χ1n) is 5.61. The molecule has 96 valence electrons. The fourth-order valence-corrected chi connectivity index (χ4v) is 1.95. The molecule has 0 bridgehead atoms. The van der Waals surface area contributed by atoms with Gasteiger partial charge in [-0.3, -0.25) is 9.59 Å². The summed E-state index contributed by atoms with van der Waals surface area (Å²) in [6.07, 6.45) is 4.50. The molecule has 18 heavy (non-hydrogen) atoms. The van der Waals surface area contributed by atoms with Gasteiger partial charge in [0, 0.05) is 12.7 Å². The Morgan fingerprint density at radius 1 is 1.33 bits per heavy atom. The number of hydrogen-bond acceptors (Lipinski definition) is 3. The Labute approximate surface area is 110 Å². The summed E-state index contributed by atoms with van der Waals surface area (Å²) >= 11 is 1.27. The molecule has 0 saturated heterocycles. The zero-order valence-electron chi connectivity index (χ0n) is 10.4. The summed E-state index contributed by atoms with van der Waals surface area (Å²) < 4.78 is 13.3. The van der Waals surface area contributed by atoms with Crippen molar-refractivity contribution in [1.82, 2.24) is 0 Å². The minimum atomic E-state index is -0.494. The molecule has 0 radical (unpaired) electrons. The van der Waals surface area contributed by atoms with Crippen molar-refractivity contribution in [1.29, 1.82) is 0 Å². The molecule has 1 aromatic carbocycles. The van der Waals surface area contributed by atoms with E-state index in [1.54, 1.807) is 6.07 Å². The van der Waals surface area contributed by atoms with Crippen LogP contribution in [-0.2, 0) is 4.79 Å². The van der Waals surface area contributed by atoms with Crippen LogP contribution >= 0.6 is 11.8 Å². The molecule has 0 atom stereocenters. The quantitative estimate of drug-likeness (QED) is 0.602. The summed E-state index contributed by atoms with van der Waals surface area (Å²) in [5.74, 6) is -0.0475. The normalized spacial score (nSPS) is 10.8. The first-order chi connectivity index (χ1) is 8.50. The van der Waals surface area contributed by atoms with E-state index in [0.717, 1.165) is 17.7 Å². The summed E-state index contributed by atoms with van der Waals surface area (Å²) in [5.41, 5.74) is 0.893. The monoisotopic (exact) mass is 266 g/mol. The Kier molecular flexibility index (Phi) is 5.78. The highest BCUT2D eigenvalue weighted by Gasteiger charge is 2.06. The number of Topliss-reactive ketones (excluding diaryl/α,β-unsaturated/α-hetero) is 1. The lowest BCUT2D eigenvalue weighted by Gasteiger charge is -2.00. The Bertz CT molecular complexity index is 481. The number of carbonyl (C=O) groups excluding carboxylic acids is 2. The minimum absolute atomic E-state index is 0.101. The molecule has 0 N–H and O–H groups in total. The Balaban J connectivity index is 2.62. The minimum Gasteiger partial charge on any atom is -0.294 e. The number of ketones is 1. The summed E-state index contributed by atoms with van der Waals surface area (Å²) in [4.78, 5) is 21.9. The van der Waals surface area contributed by atoms with Crippen molar-refractivity contribution in [3.8, 4) is 0 Å². The van der Waals surface area contributed by atoms with E-state index in [1.807, 2.05) is 12.2 Å². The van der Waals surface area contributed by atoms with Gasteiger partial charge in [-0.25, -0.2) is 4.39 Å². The fraction of sp³-hybridized carbons (Fsp3) is 0.286. The van der Waals surface area contributed by atoms with E-state index >= 15 is 0 Å². The maximum atomic E-state index is 13.3. The van der Waals surface area contributed by atoms with Gasteiger partial charge in [0.25, 0.3) is 0 Å². The van der Waals surface area contributed by atoms with Gasteiger partial charge in [-0.15, -0.1) is 0 Å². The van der Waals surface area contributed by atoms with Gasteiger partial charge in [-0.1, -0.05) is 30.0 Å². The molecule has 0 fully saturated rings. The first-order valence-corrected chi connectivity index (χ1v) is 6.59. The molecule has 0 saturated carbocycles. The molecule has 0 heterocycles. The predicted octanol–water partition coefficient (Wildman–Crippen LogP) is 3.71. The van der Waals surface area contributed by atoms with E-state index in [2.05, 4.69) is 0 Å². The average molecular weight is 266 g/mol. The van der Waals surface area contributed by atoms with Crippen molar-refractivity contribution in [3.05, 3.63) is 41.2 Å². The summed E-state index contributed by atoms with van der Waals surface area (Å²) in [6.45, 7) is 2.88. The molecule has 2 nitrogen and oxygen atoms in total. The zero-order chi connectivity index (χ0) is 13.5. The Morgan fingerprint density at radius 3 is 2.67 bits per heavy atom. The van der Waals surface area contributed by atoms with Gasteiger partial charge < -0.3 is 0 Å². The van der Waals surface area contributed by atoms with Crippen LogP contribution in [0.5, 0.6) is 0 Å². The molecule has 4 heteroatoms. The first kappa shape index (κ1) is 14.6. The molecular formula is C14H15FO2S. The molecule has 0 aliphatic carbocycles. The van der Waals surface area contributed by atoms with Crippen LogP contribution in [0.3, 0.4) is 0 Å². The van der Waals surface area contributed by atoms with Gasteiger partial charge in [0.1, 0.15) is 5.82 Å².